The quantitative estimate of drug-likeness (QED) is 0.874. The van der Waals surface area contributed by atoms with Gasteiger partial charge >= 0.3 is 0 Å². The number of amides is 1. The van der Waals surface area contributed by atoms with Crippen LogP contribution in [0.4, 0.5) is 10.1 Å². The highest BCUT2D eigenvalue weighted by molar-refractivity contribution is 6.33. The lowest BCUT2D eigenvalue weighted by Gasteiger charge is -2.12. The van der Waals surface area contributed by atoms with Crippen molar-refractivity contribution in [2.75, 3.05) is 5.32 Å². The zero-order valence-corrected chi connectivity index (χ0v) is 13.3. The van der Waals surface area contributed by atoms with Gasteiger partial charge in [0.2, 0.25) is 0 Å². The van der Waals surface area contributed by atoms with Crippen LogP contribution in [-0.4, -0.2) is 11.9 Å². The molecule has 0 aromatic heterocycles. The second kappa shape index (κ2) is 7.38. The number of hydrogen-bond acceptors (Lipinski definition) is 1. The van der Waals surface area contributed by atoms with Gasteiger partial charge in [-0.15, -0.1) is 0 Å². The molecule has 0 saturated heterocycles. The van der Waals surface area contributed by atoms with Crippen LogP contribution in [0.1, 0.15) is 18.1 Å². The molecule has 0 radical (unpaired) electrons. The van der Waals surface area contributed by atoms with Crippen molar-refractivity contribution in [1.29, 1.82) is 0 Å². The number of carbonyl (C=O) groups is 1. The minimum atomic E-state index is -0.429. The third kappa shape index (κ3) is 4.55. The molecule has 0 bridgehead atoms. The van der Waals surface area contributed by atoms with Crippen molar-refractivity contribution < 1.29 is 14.5 Å². The maximum Gasteiger partial charge on any atom is 0.282 e. The Morgan fingerprint density at radius 1 is 1.27 bits per heavy atom. The summed E-state index contributed by atoms with van der Waals surface area (Å²) in [7, 11) is 0. The number of hydrogen-bond donors (Lipinski definition) is 2. The number of halogens is 2. The van der Waals surface area contributed by atoms with Gasteiger partial charge in [0.1, 0.15) is 12.4 Å². The molecule has 3 nitrogen and oxygen atoms in total. The fourth-order valence-electron chi connectivity index (χ4n) is 1.98. The number of nitrogens with one attached hydrogen (secondary N) is 1. The van der Waals surface area contributed by atoms with Crippen molar-refractivity contribution in [2.24, 2.45) is 0 Å². The van der Waals surface area contributed by atoms with E-state index >= 15 is 0 Å². The lowest BCUT2D eigenvalue weighted by atomic mass is 10.1. The normalized spacial score (nSPS) is 12.0. The third-order valence-electron chi connectivity index (χ3n) is 3.43. The van der Waals surface area contributed by atoms with Gasteiger partial charge in [0.25, 0.3) is 5.91 Å². The smallest absolute Gasteiger partial charge is 0.282 e. The van der Waals surface area contributed by atoms with Gasteiger partial charge in [-0.05, 0) is 32.0 Å². The molecule has 0 aliphatic heterocycles. The lowest BCUT2D eigenvalue weighted by Crippen LogP contribution is -2.90. The third-order valence-corrected chi connectivity index (χ3v) is 3.74. The first-order chi connectivity index (χ1) is 10.5. The van der Waals surface area contributed by atoms with Crippen LogP contribution in [0.5, 0.6) is 0 Å². The van der Waals surface area contributed by atoms with E-state index in [2.05, 4.69) is 5.32 Å². The van der Waals surface area contributed by atoms with Crippen LogP contribution in [0.2, 0.25) is 5.02 Å². The van der Waals surface area contributed by atoms with E-state index in [1.807, 2.05) is 43.4 Å². The summed E-state index contributed by atoms with van der Waals surface area (Å²) in [6, 6.07) is 11.8. The molecule has 3 N–H and O–H groups in total. The molecule has 1 atom stereocenters. The van der Waals surface area contributed by atoms with E-state index in [1.165, 1.54) is 23.8 Å². The minimum absolute atomic E-state index is 0.166. The molecule has 116 valence electrons. The maximum absolute atomic E-state index is 13.0. The predicted octanol–water partition coefficient (Wildman–Crippen LogP) is 2.88. The van der Waals surface area contributed by atoms with E-state index in [4.69, 9.17) is 11.6 Å². The monoisotopic (exact) mass is 321 g/mol. The highest BCUT2D eigenvalue weighted by Crippen LogP contribution is 2.22. The largest absolute Gasteiger partial charge is 0.333 e. The van der Waals surface area contributed by atoms with E-state index < -0.39 is 5.82 Å². The SMILES string of the molecule is Cc1ccc(C[NH2+][C@@H](C)C(=O)Nc2ccc(F)cc2Cl)cc1. The Balaban J connectivity index is 1.90. The summed E-state index contributed by atoms with van der Waals surface area (Å²) in [6.45, 7) is 4.57. The van der Waals surface area contributed by atoms with Crippen LogP contribution < -0.4 is 10.6 Å². The molecule has 0 saturated carbocycles. The van der Waals surface area contributed by atoms with Crippen molar-refractivity contribution in [3.63, 3.8) is 0 Å². The van der Waals surface area contributed by atoms with Crippen LogP contribution >= 0.6 is 11.6 Å². The van der Waals surface area contributed by atoms with Crippen molar-refractivity contribution in [2.45, 2.75) is 26.4 Å². The molecule has 5 heteroatoms. The molecule has 2 rings (SSSR count). The molecule has 0 aliphatic carbocycles. The van der Waals surface area contributed by atoms with E-state index in [9.17, 15) is 9.18 Å². The van der Waals surface area contributed by atoms with Gasteiger partial charge in [-0.25, -0.2) is 4.39 Å². The average Bonchev–Trinajstić information content (AvgIpc) is 2.49. The van der Waals surface area contributed by atoms with Crippen LogP contribution in [0.15, 0.2) is 42.5 Å². The van der Waals surface area contributed by atoms with E-state index in [0.29, 0.717) is 12.2 Å². The van der Waals surface area contributed by atoms with Gasteiger partial charge < -0.3 is 10.6 Å². The van der Waals surface area contributed by atoms with Crippen molar-refractivity contribution in [3.05, 3.63) is 64.4 Å². The number of rotatable bonds is 5. The molecular weight excluding hydrogens is 303 g/mol. The molecule has 0 fully saturated rings. The minimum Gasteiger partial charge on any atom is -0.333 e. The topological polar surface area (TPSA) is 45.7 Å². The highest BCUT2D eigenvalue weighted by atomic mass is 35.5. The molecule has 1 amide bonds. The molecule has 0 aliphatic rings. The molecule has 2 aromatic rings. The first-order valence-corrected chi connectivity index (χ1v) is 7.48. The first kappa shape index (κ1) is 16.5. The first-order valence-electron chi connectivity index (χ1n) is 7.10. The Kier molecular flexibility index (Phi) is 5.52. The number of quaternary nitrogens is 1. The number of anilines is 1. The fourth-order valence-corrected chi connectivity index (χ4v) is 2.20. The molecule has 0 unspecified atom stereocenters. The van der Waals surface area contributed by atoms with Crippen LogP contribution in [-0.2, 0) is 11.3 Å². The van der Waals surface area contributed by atoms with E-state index in [1.54, 1.807) is 0 Å². The molecule has 0 heterocycles. The predicted molar refractivity (Wildman–Crippen MR) is 86.3 cm³/mol. The molecule has 22 heavy (non-hydrogen) atoms. The van der Waals surface area contributed by atoms with Crippen LogP contribution in [0, 0.1) is 12.7 Å². The zero-order valence-electron chi connectivity index (χ0n) is 12.6. The standard InChI is InChI=1S/C17H18ClFN2O/c1-11-3-5-13(6-4-11)10-20-12(2)17(22)21-16-8-7-14(19)9-15(16)18/h3-9,12,20H,10H2,1-2H3,(H,21,22)/p+1/t12-/m0/s1. The summed E-state index contributed by atoms with van der Waals surface area (Å²) >= 11 is 5.90. The Morgan fingerprint density at radius 2 is 1.95 bits per heavy atom. The van der Waals surface area contributed by atoms with Gasteiger partial charge in [0, 0.05) is 5.56 Å². The van der Waals surface area contributed by atoms with E-state index in [-0.39, 0.29) is 17.0 Å². The van der Waals surface area contributed by atoms with Gasteiger partial charge in [-0.3, -0.25) is 4.79 Å². The lowest BCUT2D eigenvalue weighted by molar-refractivity contribution is -0.688. The highest BCUT2D eigenvalue weighted by Gasteiger charge is 2.17. The Bertz CT molecular complexity index is 658. The molecule has 0 spiro atoms. The van der Waals surface area contributed by atoms with Gasteiger partial charge in [0.05, 0.1) is 10.7 Å². The number of carbonyl (C=O) groups excluding carboxylic acids is 1. The molecular formula is C17H19ClFN2O+. The van der Waals surface area contributed by atoms with Gasteiger partial charge in [0.15, 0.2) is 6.04 Å². The van der Waals surface area contributed by atoms with Crippen molar-refractivity contribution in [3.8, 4) is 0 Å². The summed E-state index contributed by atoms with van der Waals surface area (Å²) in [5.74, 6) is -0.595. The number of benzene rings is 2. The second-order valence-corrected chi connectivity index (χ2v) is 5.73. The number of nitrogens with two attached hydrogens (primary N) is 1. The van der Waals surface area contributed by atoms with Gasteiger partial charge in [-0.1, -0.05) is 41.4 Å². The van der Waals surface area contributed by atoms with Gasteiger partial charge in [-0.2, -0.15) is 0 Å². The Morgan fingerprint density at radius 3 is 2.59 bits per heavy atom. The fraction of sp³-hybridized carbons (Fsp3) is 0.235. The van der Waals surface area contributed by atoms with E-state index in [0.717, 1.165) is 5.56 Å². The Hall–Kier alpha value is -1.91. The summed E-state index contributed by atoms with van der Waals surface area (Å²) < 4.78 is 13.0. The maximum atomic E-state index is 13.0. The van der Waals surface area contributed by atoms with Crippen molar-refractivity contribution >= 4 is 23.2 Å². The van der Waals surface area contributed by atoms with Crippen LogP contribution in [0.25, 0.3) is 0 Å². The second-order valence-electron chi connectivity index (χ2n) is 5.33. The summed E-state index contributed by atoms with van der Waals surface area (Å²) in [4.78, 5) is 12.1. The Labute approximate surface area is 134 Å². The summed E-state index contributed by atoms with van der Waals surface area (Å²) in [5.41, 5.74) is 2.79. The van der Waals surface area contributed by atoms with Crippen molar-refractivity contribution in [1.82, 2.24) is 0 Å². The number of aryl methyl sites for hydroxylation is 1. The summed E-state index contributed by atoms with van der Waals surface area (Å²) in [6.07, 6.45) is 0. The summed E-state index contributed by atoms with van der Waals surface area (Å²) in [5, 5.41) is 4.85. The average molecular weight is 322 g/mol. The molecule has 2 aromatic carbocycles. The van der Waals surface area contributed by atoms with Crippen LogP contribution in [0.3, 0.4) is 0 Å². The zero-order chi connectivity index (χ0) is 16.1.